The monoisotopic (exact) mass is 485 g/mol. The third-order valence-corrected chi connectivity index (χ3v) is 4.49. The molecule has 0 amide bonds. The molecule has 0 saturated heterocycles. The summed E-state index contributed by atoms with van der Waals surface area (Å²) < 4.78 is 11.6. The zero-order valence-electron chi connectivity index (χ0n) is 17.0. The van der Waals surface area contributed by atoms with Gasteiger partial charge in [-0.15, -0.1) is 0 Å². The Hall–Kier alpha value is -0.456. The standard InChI is InChI=1S/C19H27N3O2.3ClH.V/c1-18(2,3)14-10-23-16(21-14)12-8-7-9-13(20-12)17-22-15(11-24-17)19(4,5)6;;;;/h7-9,14-15H,10-11H2,1-6H3;3*1H;/p-3. The summed E-state index contributed by atoms with van der Waals surface area (Å²) >= 11 is 0. The van der Waals surface area contributed by atoms with Crippen LogP contribution in [0.1, 0.15) is 52.9 Å². The Labute approximate surface area is 198 Å². The van der Waals surface area contributed by atoms with Crippen molar-refractivity contribution in [2.45, 2.75) is 53.6 Å². The van der Waals surface area contributed by atoms with Crippen LogP contribution >= 0.6 is 0 Å². The van der Waals surface area contributed by atoms with Crippen LogP contribution in [0.3, 0.4) is 0 Å². The molecule has 2 aliphatic heterocycles. The van der Waals surface area contributed by atoms with Crippen LogP contribution in [0, 0.1) is 10.8 Å². The van der Waals surface area contributed by atoms with Crippen molar-refractivity contribution in [3.05, 3.63) is 29.6 Å². The zero-order valence-corrected chi connectivity index (χ0v) is 20.7. The van der Waals surface area contributed by atoms with Crippen LogP contribution in [0.25, 0.3) is 0 Å². The Morgan fingerprint density at radius 2 is 1.11 bits per heavy atom. The number of hydrogen-bond acceptors (Lipinski definition) is 5. The van der Waals surface area contributed by atoms with Crippen LogP contribution in [-0.4, -0.2) is 42.1 Å². The predicted molar refractivity (Wildman–Crippen MR) is 95.7 cm³/mol. The SMILES string of the molecule is CC(C)(C)C1COC(c2cccc(C3=NC(C(C)(C)C)CO3)n2)=N1.[Cl-].[Cl-].[Cl-].[V]. The Kier molecular flexibility index (Phi) is 11.8. The second-order valence-corrected chi connectivity index (χ2v) is 8.66. The molecule has 0 fully saturated rings. The van der Waals surface area contributed by atoms with E-state index in [1.807, 2.05) is 18.2 Å². The molecule has 1 aromatic heterocycles. The van der Waals surface area contributed by atoms with Gasteiger partial charge in [-0.25, -0.2) is 15.0 Å². The van der Waals surface area contributed by atoms with E-state index in [0.717, 1.165) is 11.4 Å². The van der Waals surface area contributed by atoms with Crippen molar-refractivity contribution < 1.29 is 65.3 Å². The maximum Gasteiger partial charge on any atom is 0.235 e. The minimum atomic E-state index is 0. The van der Waals surface area contributed by atoms with Gasteiger partial charge in [-0.1, -0.05) is 47.6 Å². The van der Waals surface area contributed by atoms with E-state index < -0.39 is 0 Å². The number of hydrogen-bond donors (Lipinski definition) is 0. The second-order valence-electron chi connectivity index (χ2n) is 8.66. The number of ether oxygens (including phenoxy) is 2. The zero-order chi connectivity index (χ0) is 17.5. The molecule has 3 heterocycles. The smallest absolute Gasteiger partial charge is 0.235 e. The number of rotatable bonds is 2. The van der Waals surface area contributed by atoms with Gasteiger partial charge in [0.2, 0.25) is 11.8 Å². The maximum absolute atomic E-state index is 5.78. The number of pyridine rings is 1. The molecular formula is C19H27Cl3N3O2V-3. The van der Waals surface area contributed by atoms with Gasteiger partial charge in [-0.05, 0) is 23.0 Å². The average Bonchev–Trinajstić information content (AvgIpc) is 3.16. The fourth-order valence-corrected chi connectivity index (χ4v) is 2.59. The van der Waals surface area contributed by atoms with Gasteiger partial charge >= 0.3 is 0 Å². The predicted octanol–water partition coefficient (Wildman–Crippen LogP) is -5.53. The van der Waals surface area contributed by atoms with Gasteiger partial charge < -0.3 is 46.7 Å². The Balaban J connectivity index is 0. The molecule has 159 valence electrons. The molecule has 0 aromatic carbocycles. The van der Waals surface area contributed by atoms with E-state index in [1.165, 1.54) is 0 Å². The summed E-state index contributed by atoms with van der Waals surface area (Å²) in [6.45, 7) is 14.2. The van der Waals surface area contributed by atoms with Crippen molar-refractivity contribution in [3.8, 4) is 0 Å². The molecule has 0 bridgehead atoms. The van der Waals surface area contributed by atoms with Gasteiger partial charge in [0.1, 0.15) is 24.6 Å². The largest absolute Gasteiger partial charge is 1.00 e. The molecule has 9 heteroatoms. The first-order chi connectivity index (χ1) is 11.1. The van der Waals surface area contributed by atoms with Gasteiger partial charge in [-0.3, -0.25) is 0 Å². The van der Waals surface area contributed by atoms with Crippen LogP contribution in [0.2, 0.25) is 0 Å². The fraction of sp³-hybridized carbons (Fsp3) is 0.632. The van der Waals surface area contributed by atoms with Crippen LogP contribution in [0.5, 0.6) is 0 Å². The van der Waals surface area contributed by atoms with E-state index >= 15 is 0 Å². The minimum Gasteiger partial charge on any atom is -1.00 e. The summed E-state index contributed by atoms with van der Waals surface area (Å²) in [7, 11) is 0. The topological polar surface area (TPSA) is 56.1 Å². The summed E-state index contributed by atoms with van der Waals surface area (Å²) in [6.07, 6.45) is 0. The number of aliphatic imine (C=N–C) groups is 2. The molecule has 0 aliphatic carbocycles. The third kappa shape index (κ3) is 6.81. The molecule has 2 unspecified atom stereocenters. The van der Waals surface area contributed by atoms with Crippen molar-refractivity contribution in [1.82, 2.24) is 4.98 Å². The van der Waals surface area contributed by atoms with Gasteiger partial charge in [0.15, 0.2) is 0 Å². The van der Waals surface area contributed by atoms with Crippen molar-refractivity contribution in [1.29, 1.82) is 0 Å². The van der Waals surface area contributed by atoms with Crippen LogP contribution < -0.4 is 37.2 Å². The molecule has 0 N–H and O–H groups in total. The van der Waals surface area contributed by atoms with Gasteiger partial charge in [0.05, 0.1) is 12.1 Å². The number of nitrogens with zero attached hydrogens (tertiary/aromatic N) is 3. The van der Waals surface area contributed by atoms with Crippen LogP contribution in [0.4, 0.5) is 0 Å². The van der Waals surface area contributed by atoms with Crippen LogP contribution in [0.15, 0.2) is 28.2 Å². The van der Waals surface area contributed by atoms with E-state index in [0.29, 0.717) is 25.0 Å². The van der Waals surface area contributed by atoms with Crippen molar-refractivity contribution in [2.75, 3.05) is 13.2 Å². The average molecular weight is 487 g/mol. The minimum absolute atomic E-state index is 0. The molecule has 5 nitrogen and oxygen atoms in total. The third-order valence-electron chi connectivity index (χ3n) is 4.49. The quantitative estimate of drug-likeness (QED) is 0.419. The number of halogens is 3. The van der Waals surface area contributed by atoms with E-state index in [2.05, 4.69) is 46.5 Å². The number of aromatic nitrogens is 1. The molecule has 2 aliphatic rings. The summed E-state index contributed by atoms with van der Waals surface area (Å²) in [6, 6.07) is 6.10. The molecule has 1 radical (unpaired) electrons. The second kappa shape index (κ2) is 11.1. The first-order valence-electron chi connectivity index (χ1n) is 8.53. The summed E-state index contributed by atoms with van der Waals surface area (Å²) in [5, 5.41) is 0. The summed E-state index contributed by atoms with van der Waals surface area (Å²) in [5.74, 6) is 1.23. The molecule has 28 heavy (non-hydrogen) atoms. The molecule has 0 saturated carbocycles. The van der Waals surface area contributed by atoms with Crippen molar-refractivity contribution >= 4 is 11.8 Å². The molecule has 2 atom stereocenters. The van der Waals surface area contributed by atoms with E-state index in [9.17, 15) is 0 Å². The summed E-state index contributed by atoms with van der Waals surface area (Å²) in [5.41, 5.74) is 1.64. The Morgan fingerprint density at radius 1 is 0.750 bits per heavy atom. The molecule has 0 spiro atoms. The first-order valence-corrected chi connectivity index (χ1v) is 8.53. The molecular weight excluding hydrogens is 460 g/mol. The Bertz CT molecular complexity index is 645. The summed E-state index contributed by atoms with van der Waals surface area (Å²) in [4.78, 5) is 14.1. The van der Waals surface area contributed by atoms with Gasteiger partial charge in [0, 0.05) is 18.6 Å². The van der Waals surface area contributed by atoms with Crippen molar-refractivity contribution in [3.63, 3.8) is 0 Å². The van der Waals surface area contributed by atoms with E-state index in [-0.39, 0.29) is 78.7 Å². The Morgan fingerprint density at radius 3 is 1.39 bits per heavy atom. The van der Waals surface area contributed by atoms with Crippen molar-refractivity contribution in [2.24, 2.45) is 20.8 Å². The van der Waals surface area contributed by atoms with Gasteiger partial charge in [0.25, 0.3) is 0 Å². The molecule has 3 rings (SSSR count). The van der Waals surface area contributed by atoms with E-state index in [4.69, 9.17) is 19.5 Å². The normalized spacial score (nSPS) is 20.8. The maximum atomic E-state index is 5.78. The van der Waals surface area contributed by atoms with E-state index in [1.54, 1.807) is 0 Å². The molecule has 1 aromatic rings. The van der Waals surface area contributed by atoms with Gasteiger partial charge in [-0.2, -0.15) is 0 Å². The fourth-order valence-electron chi connectivity index (χ4n) is 2.59. The van der Waals surface area contributed by atoms with Crippen LogP contribution in [-0.2, 0) is 28.0 Å². The first kappa shape index (κ1) is 29.7.